The lowest BCUT2D eigenvalue weighted by molar-refractivity contribution is 0.350. The van der Waals surface area contributed by atoms with Gasteiger partial charge in [-0.1, -0.05) is 12.1 Å². The molecular formula is C11H19N3OS. The summed E-state index contributed by atoms with van der Waals surface area (Å²) >= 11 is 1.85. The zero-order chi connectivity index (χ0) is 11.4. The van der Waals surface area contributed by atoms with E-state index in [1.165, 1.54) is 6.42 Å². The second-order valence-corrected chi connectivity index (χ2v) is 5.48. The minimum Gasteiger partial charge on any atom is -0.339 e. The van der Waals surface area contributed by atoms with Gasteiger partial charge in [-0.25, -0.2) is 0 Å². The Morgan fingerprint density at radius 1 is 1.50 bits per heavy atom. The monoisotopic (exact) mass is 241 g/mol. The van der Waals surface area contributed by atoms with Crippen LogP contribution in [0.4, 0.5) is 0 Å². The van der Waals surface area contributed by atoms with Gasteiger partial charge in [0, 0.05) is 12.0 Å². The topological polar surface area (TPSA) is 64.9 Å². The Bertz CT molecular complexity index is 329. The fourth-order valence-corrected chi connectivity index (χ4v) is 2.77. The average molecular weight is 241 g/mol. The zero-order valence-electron chi connectivity index (χ0n) is 9.69. The van der Waals surface area contributed by atoms with Crippen LogP contribution in [0.15, 0.2) is 4.52 Å². The van der Waals surface area contributed by atoms with Gasteiger partial charge in [0.25, 0.3) is 0 Å². The first-order chi connectivity index (χ1) is 7.79. The quantitative estimate of drug-likeness (QED) is 0.801. The third-order valence-corrected chi connectivity index (χ3v) is 4.05. The maximum atomic E-state index is 5.87. The molecule has 0 aromatic carbocycles. The highest BCUT2D eigenvalue weighted by Crippen LogP contribution is 2.32. The molecule has 1 fully saturated rings. The maximum absolute atomic E-state index is 5.87. The van der Waals surface area contributed by atoms with Gasteiger partial charge < -0.3 is 10.3 Å². The second-order valence-electron chi connectivity index (χ2n) is 4.37. The maximum Gasteiger partial charge on any atom is 0.229 e. The second kappa shape index (κ2) is 5.68. The van der Waals surface area contributed by atoms with Crippen molar-refractivity contribution in [1.29, 1.82) is 0 Å². The van der Waals surface area contributed by atoms with E-state index in [0.29, 0.717) is 12.0 Å². The van der Waals surface area contributed by atoms with Gasteiger partial charge >= 0.3 is 0 Å². The summed E-state index contributed by atoms with van der Waals surface area (Å²) < 4.78 is 5.30. The Hall–Kier alpha value is -0.550. The van der Waals surface area contributed by atoms with Gasteiger partial charge in [0.15, 0.2) is 5.82 Å². The van der Waals surface area contributed by atoms with Crippen LogP contribution in [0.25, 0.3) is 0 Å². The predicted molar refractivity (Wildman–Crippen MR) is 65.3 cm³/mol. The van der Waals surface area contributed by atoms with Crippen LogP contribution in [-0.4, -0.2) is 21.9 Å². The molecule has 0 saturated heterocycles. The van der Waals surface area contributed by atoms with Crippen molar-refractivity contribution in [3.8, 4) is 0 Å². The highest BCUT2D eigenvalue weighted by molar-refractivity contribution is 7.98. The van der Waals surface area contributed by atoms with E-state index in [9.17, 15) is 0 Å². The van der Waals surface area contributed by atoms with Crippen LogP contribution in [0.5, 0.6) is 0 Å². The summed E-state index contributed by atoms with van der Waals surface area (Å²) in [6.45, 7) is 2.18. The summed E-state index contributed by atoms with van der Waals surface area (Å²) in [5, 5.41) is 4.01. The van der Waals surface area contributed by atoms with E-state index in [1.807, 2.05) is 11.8 Å². The molecule has 2 N–H and O–H groups in total. The van der Waals surface area contributed by atoms with E-state index in [0.717, 1.165) is 42.5 Å². The van der Waals surface area contributed by atoms with Crippen LogP contribution in [-0.2, 0) is 5.75 Å². The highest BCUT2D eigenvalue weighted by Gasteiger charge is 2.27. The van der Waals surface area contributed by atoms with Crippen LogP contribution in [0.3, 0.4) is 0 Å². The number of aromatic nitrogens is 2. The summed E-state index contributed by atoms with van der Waals surface area (Å²) in [7, 11) is 0. The Balaban J connectivity index is 1.87. The van der Waals surface area contributed by atoms with E-state index in [2.05, 4.69) is 17.1 Å². The molecule has 0 radical (unpaired) electrons. The van der Waals surface area contributed by atoms with Crippen molar-refractivity contribution in [3.05, 3.63) is 11.7 Å². The zero-order valence-corrected chi connectivity index (χ0v) is 10.5. The molecule has 1 aliphatic carbocycles. The SMILES string of the molecule is CCCSCc1noc(C2CCC(N)C2)n1. The lowest BCUT2D eigenvalue weighted by Crippen LogP contribution is -2.14. The largest absolute Gasteiger partial charge is 0.339 e. The molecule has 5 heteroatoms. The number of hydrogen-bond donors (Lipinski definition) is 1. The molecule has 1 aromatic rings. The van der Waals surface area contributed by atoms with E-state index >= 15 is 0 Å². The molecule has 1 aliphatic rings. The van der Waals surface area contributed by atoms with Gasteiger partial charge in [0.2, 0.25) is 5.89 Å². The molecule has 1 heterocycles. The number of nitrogens with zero attached hydrogens (tertiary/aromatic N) is 2. The molecule has 0 bridgehead atoms. The van der Waals surface area contributed by atoms with Crippen molar-refractivity contribution in [1.82, 2.24) is 10.1 Å². The van der Waals surface area contributed by atoms with Crippen molar-refractivity contribution < 1.29 is 4.52 Å². The molecular weight excluding hydrogens is 222 g/mol. The van der Waals surface area contributed by atoms with Gasteiger partial charge in [-0.15, -0.1) is 0 Å². The predicted octanol–water partition coefficient (Wildman–Crippen LogP) is 2.31. The van der Waals surface area contributed by atoms with Gasteiger partial charge in [0.1, 0.15) is 0 Å². The Morgan fingerprint density at radius 3 is 3.06 bits per heavy atom. The van der Waals surface area contributed by atoms with E-state index in [1.54, 1.807) is 0 Å². The molecule has 90 valence electrons. The number of hydrogen-bond acceptors (Lipinski definition) is 5. The van der Waals surface area contributed by atoms with Crippen molar-refractivity contribution >= 4 is 11.8 Å². The van der Waals surface area contributed by atoms with Crippen molar-refractivity contribution in [2.75, 3.05) is 5.75 Å². The molecule has 2 rings (SSSR count). The van der Waals surface area contributed by atoms with Gasteiger partial charge in [0.05, 0.1) is 5.75 Å². The molecule has 0 spiro atoms. The molecule has 1 saturated carbocycles. The minimum atomic E-state index is 0.315. The average Bonchev–Trinajstić information content (AvgIpc) is 2.87. The summed E-state index contributed by atoms with van der Waals surface area (Å²) in [4.78, 5) is 4.44. The van der Waals surface area contributed by atoms with E-state index in [-0.39, 0.29) is 0 Å². The Labute approximate surface area is 100 Å². The van der Waals surface area contributed by atoms with Gasteiger partial charge in [-0.3, -0.25) is 0 Å². The molecule has 2 unspecified atom stereocenters. The summed E-state index contributed by atoms with van der Waals surface area (Å²) in [6, 6.07) is 0.315. The summed E-state index contributed by atoms with van der Waals surface area (Å²) in [5.74, 6) is 4.02. The molecule has 4 nitrogen and oxygen atoms in total. The fraction of sp³-hybridized carbons (Fsp3) is 0.818. The highest BCUT2D eigenvalue weighted by atomic mass is 32.2. The molecule has 1 aromatic heterocycles. The Morgan fingerprint density at radius 2 is 2.38 bits per heavy atom. The van der Waals surface area contributed by atoms with E-state index < -0.39 is 0 Å². The first-order valence-electron chi connectivity index (χ1n) is 5.95. The Kier molecular flexibility index (Phi) is 4.23. The fourth-order valence-electron chi connectivity index (χ4n) is 2.04. The number of nitrogens with two attached hydrogens (primary N) is 1. The molecule has 0 aliphatic heterocycles. The smallest absolute Gasteiger partial charge is 0.229 e. The van der Waals surface area contributed by atoms with Crippen molar-refractivity contribution in [3.63, 3.8) is 0 Å². The first-order valence-corrected chi connectivity index (χ1v) is 7.11. The molecule has 2 atom stereocenters. The van der Waals surface area contributed by atoms with Crippen LogP contribution in [0.1, 0.15) is 50.2 Å². The molecule has 16 heavy (non-hydrogen) atoms. The molecule has 0 amide bonds. The minimum absolute atomic E-state index is 0.315. The summed E-state index contributed by atoms with van der Waals surface area (Å²) in [5.41, 5.74) is 5.87. The van der Waals surface area contributed by atoms with Crippen LogP contribution < -0.4 is 5.73 Å². The van der Waals surface area contributed by atoms with Crippen molar-refractivity contribution in [2.24, 2.45) is 5.73 Å². The van der Waals surface area contributed by atoms with Crippen molar-refractivity contribution in [2.45, 2.75) is 50.3 Å². The third-order valence-electron chi connectivity index (χ3n) is 2.89. The lowest BCUT2D eigenvalue weighted by Gasteiger charge is -2.01. The van der Waals surface area contributed by atoms with Gasteiger partial charge in [-0.2, -0.15) is 16.7 Å². The summed E-state index contributed by atoms with van der Waals surface area (Å²) in [6.07, 6.45) is 4.34. The van der Waals surface area contributed by atoms with Gasteiger partial charge in [-0.05, 0) is 31.4 Å². The lowest BCUT2D eigenvalue weighted by atomic mass is 10.1. The number of thioether (sulfide) groups is 1. The van der Waals surface area contributed by atoms with Crippen LogP contribution >= 0.6 is 11.8 Å². The number of rotatable bonds is 5. The van der Waals surface area contributed by atoms with Crippen LogP contribution in [0, 0.1) is 0 Å². The normalized spacial score (nSPS) is 25.1. The third kappa shape index (κ3) is 2.98. The first kappa shape index (κ1) is 11.9. The van der Waals surface area contributed by atoms with Crippen LogP contribution in [0.2, 0.25) is 0 Å². The standard InChI is InChI=1S/C11H19N3OS/c1-2-5-16-7-10-13-11(15-14-10)8-3-4-9(12)6-8/h8-9H,2-7,12H2,1H3. The van der Waals surface area contributed by atoms with E-state index in [4.69, 9.17) is 10.3 Å².